The van der Waals surface area contributed by atoms with Crippen molar-refractivity contribution in [3.8, 4) is 0 Å². The lowest BCUT2D eigenvalue weighted by Crippen LogP contribution is -2.10. The molecule has 0 saturated carbocycles. The molecule has 0 amide bonds. The van der Waals surface area contributed by atoms with Crippen LogP contribution in [0.4, 0.5) is 0 Å². The van der Waals surface area contributed by atoms with Crippen LogP contribution in [-0.2, 0) is 4.74 Å². The molecular weight excluding hydrogens is 194 g/mol. The molecule has 2 atom stereocenters. The van der Waals surface area contributed by atoms with Crippen LogP contribution in [0.2, 0.25) is 0 Å². The first-order valence-electron chi connectivity index (χ1n) is 5.52. The predicted molar refractivity (Wildman–Crippen MR) is 54.1 cm³/mol. The predicted octanol–water partition coefficient (Wildman–Crippen LogP) is 1.72. The number of hydrogen-bond acceptors (Lipinski definition) is 5. The first kappa shape index (κ1) is 10.6. The third kappa shape index (κ3) is 2.35. The zero-order valence-electron chi connectivity index (χ0n) is 8.98. The van der Waals surface area contributed by atoms with Gasteiger partial charge < -0.3 is 15.0 Å². The third-order valence-corrected chi connectivity index (χ3v) is 2.59. The molecule has 0 aromatic carbocycles. The van der Waals surface area contributed by atoms with Crippen LogP contribution in [0.25, 0.3) is 0 Å². The van der Waals surface area contributed by atoms with E-state index in [1.807, 2.05) is 0 Å². The smallest absolute Gasteiger partial charge is 0.243 e. The maximum Gasteiger partial charge on any atom is 0.243 e. The molecule has 1 aromatic heterocycles. The van der Waals surface area contributed by atoms with E-state index in [1.54, 1.807) is 0 Å². The van der Waals surface area contributed by atoms with Gasteiger partial charge in [-0.25, -0.2) is 0 Å². The van der Waals surface area contributed by atoms with Crippen LogP contribution >= 0.6 is 0 Å². The quantitative estimate of drug-likeness (QED) is 0.820. The van der Waals surface area contributed by atoms with Gasteiger partial charge in [-0.1, -0.05) is 18.5 Å². The molecule has 1 fully saturated rings. The third-order valence-electron chi connectivity index (χ3n) is 2.59. The van der Waals surface area contributed by atoms with E-state index in [-0.39, 0.29) is 12.1 Å². The highest BCUT2D eigenvalue weighted by molar-refractivity contribution is 4.96. The minimum atomic E-state index is -0.141. The molecule has 0 radical (unpaired) electrons. The number of nitrogens with zero attached hydrogens (tertiary/aromatic N) is 2. The normalized spacial score (nSPS) is 23.2. The molecule has 2 N–H and O–H groups in total. The Morgan fingerprint density at radius 2 is 2.47 bits per heavy atom. The fourth-order valence-corrected chi connectivity index (χ4v) is 1.74. The van der Waals surface area contributed by atoms with Crippen LogP contribution in [0.5, 0.6) is 0 Å². The minimum Gasteiger partial charge on any atom is -0.370 e. The second-order valence-corrected chi connectivity index (χ2v) is 3.89. The highest BCUT2D eigenvalue weighted by Crippen LogP contribution is 2.27. The maximum absolute atomic E-state index is 5.88. The molecule has 0 aliphatic carbocycles. The minimum absolute atomic E-state index is 0.0105. The SMILES string of the molecule is CCC[C@@H](N)c1nc(C2CCCO2)no1. The number of nitrogens with two attached hydrogens (primary N) is 1. The first-order valence-corrected chi connectivity index (χ1v) is 5.52. The number of ether oxygens (including phenoxy) is 1. The van der Waals surface area contributed by atoms with Gasteiger partial charge in [0.15, 0.2) is 0 Å². The zero-order chi connectivity index (χ0) is 10.7. The van der Waals surface area contributed by atoms with Gasteiger partial charge in [0.2, 0.25) is 11.7 Å². The zero-order valence-corrected chi connectivity index (χ0v) is 8.98. The van der Waals surface area contributed by atoms with Crippen LogP contribution in [-0.4, -0.2) is 16.7 Å². The van der Waals surface area contributed by atoms with E-state index in [0.29, 0.717) is 11.7 Å². The van der Waals surface area contributed by atoms with Crippen molar-refractivity contribution in [2.75, 3.05) is 6.61 Å². The molecule has 0 spiro atoms. The van der Waals surface area contributed by atoms with Crippen LogP contribution in [0.3, 0.4) is 0 Å². The Bertz CT molecular complexity index is 307. The molecule has 1 unspecified atom stereocenters. The summed E-state index contributed by atoms with van der Waals surface area (Å²) in [7, 11) is 0. The first-order chi connectivity index (χ1) is 7.31. The molecule has 2 rings (SSSR count). The van der Waals surface area contributed by atoms with Gasteiger partial charge in [0, 0.05) is 6.61 Å². The molecule has 1 aliphatic heterocycles. The molecule has 15 heavy (non-hydrogen) atoms. The Hall–Kier alpha value is -0.940. The summed E-state index contributed by atoms with van der Waals surface area (Å²) in [6.45, 7) is 2.87. The van der Waals surface area contributed by atoms with Crippen molar-refractivity contribution in [1.29, 1.82) is 0 Å². The van der Waals surface area contributed by atoms with E-state index in [1.165, 1.54) is 0 Å². The summed E-state index contributed by atoms with van der Waals surface area (Å²) in [5.41, 5.74) is 5.88. The number of rotatable bonds is 4. The van der Waals surface area contributed by atoms with Crippen molar-refractivity contribution >= 4 is 0 Å². The van der Waals surface area contributed by atoms with Gasteiger partial charge in [0.25, 0.3) is 0 Å². The summed E-state index contributed by atoms with van der Waals surface area (Å²) in [4.78, 5) is 4.28. The Kier molecular flexibility index (Phi) is 3.33. The summed E-state index contributed by atoms with van der Waals surface area (Å²) in [5, 5.41) is 3.91. The standard InChI is InChI=1S/C10H17N3O2/c1-2-4-7(11)10-12-9(13-15-10)8-5-3-6-14-8/h7-8H,2-6,11H2,1H3/t7-,8?/m1/s1. The Morgan fingerprint density at radius 3 is 3.13 bits per heavy atom. The summed E-state index contributed by atoms with van der Waals surface area (Å²) in [5.74, 6) is 1.18. The van der Waals surface area contributed by atoms with Gasteiger partial charge in [-0.3, -0.25) is 0 Å². The summed E-state index contributed by atoms with van der Waals surface area (Å²) < 4.78 is 10.6. The van der Waals surface area contributed by atoms with Crippen LogP contribution < -0.4 is 5.73 Å². The largest absolute Gasteiger partial charge is 0.370 e. The van der Waals surface area contributed by atoms with E-state index >= 15 is 0 Å². The second kappa shape index (κ2) is 4.72. The van der Waals surface area contributed by atoms with Crippen molar-refractivity contribution < 1.29 is 9.26 Å². The Labute approximate surface area is 89.0 Å². The average molecular weight is 211 g/mol. The maximum atomic E-state index is 5.88. The fraction of sp³-hybridized carbons (Fsp3) is 0.800. The second-order valence-electron chi connectivity index (χ2n) is 3.89. The van der Waals surface area contributed by atoms with E-state index < -0.39 is 0 Å². The van der Waals surface area contributed by atoms with Crippen molar-refractivity contribution in [1.82, 2.24) is 10.1 Å². The van der Waals surface area contributed by atoms with Gasteiger partial charge >= 0.3 is 0 Å². The van der Waals surface area contributed by atoms with Crippen LogP contribution in [0.15, 0.2) is 4.52 Å². The topological polar surface area (TPSA) is 74.2 Å². The number of hydrogen-bond donors (Lipinski definition) is 1. The highest BCUT2D eigenvalue weighted by Gasteiger charge is 2.24. The van der Waals surface area contributed by atoms with Gasteiger partial charge in [-0.2, -0.15) is 4.98 Å². The van der Waals surface area contributed by atoms with Crippen molar-refractivity contribution in [3.63, 3.8) is 0 Å². The lowest BCUT2D eigenvalue weighted by molar-refractivity contribution is 0.103. The number of aromatic nitrogens is 2. The molecule has 1 aromatic rings. The Balaban J connectivity index is 2.02. The Morgan fingerprint density at radius 1 is 1.60 bits per heavy atom. The lowest BCUT2D eigenvalue weighted by atomic mass is 10.2. The van der Waals surface area contributed by atoms with Crippen molar-refractivity contribution in [2.24, 2.45) is 5.73 Å². The summed E-state index contributed by atoms with van der Waals surface area (Å²) >= 11 is 0. The molecular formula is C10H17N3O2. The van der Waals surface area contributed by atoms with E-state index in [0.717, 1.165) is 32.3 Å². The fourth-order valence-electron chi connectivity index (χ4n) is 1.74. The highest BCUT2D eigenvalue weighted by atomic mass is 16.5. The summed E-state index contributed by atoms with van der Waals surface area (Å²) in [6, 6.07) is -0.141. The molecule has 5 nitrogen and oxygen atoms in total. The molecule has 5 heteroatoms. The molecule has 84 valence electrons. The average Bonchev–Trinajstić information content (AvgIpc) is 2.89. The van der Waals surface area contributed by atoms with Gasteiger partial charge in [-0.05, 0) is 19.3 Å². The van der Waals surface area contributed by atoms with E-state index in [4.69, 9.17) is 15.0 Å². The van der Waals surface area contributed by atoms with Crippen LogP contribution in [0.1, 0.15) is 56.5 Å². The van der Waals surface area contributed by atoms with Crippen LogP contribution in [0, 0.1) is 0 Å². The van der Waals surface area contributed by atoms with Crippen molar-refractivity contribution in [3.05, 3.63) is 11.7 Å². The van der Waals surface area contributed by atoms with Gasteiger partial charge in [0.05, 0.1) is 6.04 Å². The molecule has 0 bridgehead atoms. The van der Waals surface area contributed by atoms with Crippen molar-refractivity contribution in [2.45, 2.75) is 44.8 Å². The summed E-state index contributed by atoms with van der Waals surface area (Å²) in [6.07, 6.45) is 3.93. The van der Waals surface area contributed by atoms with Gasteiger partial charge in [-0.15, -0.1) is 0 Å². The lowest BCUT2D eigenvalue weighted by Gasteiger charge is -2.03. The molecule has 1 saturated heterocycles. The molecule has 1 aliphatic rings. The van der Waals surface area contributed by atoms with E-state index in [9.17, 15) is 0 Å². The molecule has 2 heterocycles. The van der Waals surface area contributed by atoms with E-state index in [2.05, 4.69) is 17.1 Å². The monoisotopic (exact) mass is 211 g/mol. The van der Waals surface area contributed by atoms with Gasteiger partial charge in [0.1, 0.15) is 6.10 Å².